The summed E-state index contributed by atoms with van der Waals surface area (Å²) in [4.78, 5) is 12.3. The van der Waals surface area contributed by atoms with Crippen LogP contribution >= 0.6 is 0 Å². The largest absolute Gasteiger partial charge is 0.496 e. The highest BCUT2D eigenvalue weighted by Gasteiger charge is 2.21. The number of methoxy groups -OCH3 is 1. The summed E-state index contributed by atoms with van der Waals surface area (Å²) in [6.45, 7) is 8.08. The van der Waals surface area contributed by atoms with Crippen molar-refractivity contribution in [2.24, 2.45) is 11.7 Å². The van der Waals surface area contributed by atoms with E-state index in [-0.39, 0.29) is 5.78 Å². The Morgan fingerprint density at radius 2 is 1.94 bits per heavy atom. The lowest BCUT2D eigenvalue weighted by Crippen LogP contribution is -2.32. The number of ether oxygens (including phenoxy) is 1. The van der Waals surface area contributed by atoms with E-state index >= 15 is 0 Å². The third-order valence-corrected chi connectivity index (χ3v) is 3.21. The van der Waals surface area contributed by atoms with E-state index in [1.165, 1.54) is 0 Å². The number of rotatable bonds is 5. The van der Waals surface area contributed by atoms with Crippen molar-refractivity contribution in [1.82, 2.24) is 0 Å². The molecule has 100 valence electrons. The predicted octanol–water partition coefficient (Wildman–Crippen LogP) is 2.87. The molecule has 0 fully saturated rings. The van der Waals surface area contributed by atoms with Crippen LogP contribution in [0.3, 0.4) is 0 Å². The average Bonchev–Trinajstić information content (AvgIpc) is 2.30. The molecule has 0 heterocycles. The van der Waals surface area contributed by atoms with Gasteiger partial charge in [0.1, 0.15) is 5.75 Å². The summed E-state index contributed by atoms with van der Waals surface area (Å²) in [5.41, 5.74) is 8.66. The minimum absolute atomic E-state index is 0.0383. The molecule has 1 aromatic rings. The van der Waals surface area contributed by atoms with Crippen molar-refractivity contribution in [3.63, 3.8) is 0 Å². The summed E-state index contributed by atoms with van der Waals surface area (Å²) >= 11 is 0. The van der Waals surface area contributed by atoms with Gasteiger partial charge >= 0.3 is 0 Å². The fraction of sp³-hybridized carbons (Fsp3) is 0.533. The third-order valence-electron chi connectivity index (χ3n) is 3.21. The smallest absolute Gasteiger partial charge is 0.183 e. The van der Waals surface area contributed by atoms with E-state index in [9.17, 15) is 4.79 Å². The second kappa shape index (κ2) is 6.01. The lowest BCUT2D eigenvalue weighted by atomic mass is 9.94. The van der Waals surface area contributed by atoms with Crippen LogP contribution in [0.2, 0.25) is 0 Å². The SMILES string of the molecule is COc1c(C(=O)C(N)CC(C)C)ccc(C)c1C. The molecular formula is C15H23NO2. The summed E-state index contributed by atoms with van der Waals surface area (Å²) in [5.74, 6) is 1.02. The van der Waals surface area contributed by atoms with Crippen molar-refractivity contribution in [3.05, 3.63) is 28.8 Å². The van der Waals surface area contributed by atoms with E-state index in [1.807, 2.05) is 26.0 Å². The van der Waals surface area contributed by atoms with Crippen molar-refractivity contribution in [2.75, 3.05) is 7.11 Å². The van der Waals surface area contributed by atoms with Crippen LogP contribution in [-0.2, 0) is 0 Å². The van der Waals surface area contributed by atoms with Gasteiger partial charge in [0.25, 0.3) is 0 Å². The van der Waals surface area contributed by atoms with Crippen LogP contribution in [0.5, 0.6) is 5.75 Å². The number of Topliss-reactive ketones (excluding diaryl/α,β-unsaturated/α-hetero) is 1. The van der Waals surface area contributed by atoms with E-state index in [0.29, 0.717) is 23.7 Å². The van der Waals surface area contributed by atoms with Gasteiger partial charge < -0.3 is 10.5 Å². The Hall–Kier alpha value is -1.35. The topological polar surface area (TPSA) is 52.3 Å². The molecule has 2 N–H and O–H groups in total. The number of ketones is 1. The molecule has 1 rings (SSSR count). The number of hydrogen-bond donors (Lipinski definition) is 1. The second-order valence-electron chi connectivity index (χ2n) is 5.19. The molecule has 18 heavy (non-hydrogen) atoms. The highest BCUT2D eigenvalue weighted by Crippen LogP contribution is 2.27. The standard InChI is InChI=1S/C15H23NO2/c1-9(2)8-13(16)14(17)12-7-6-10(3)11(4)15(12)18-5/h6-7,9,13H,8,16H2,1-5H3. The van der Waals surface area contributed by atoms with Crippen molar-refractivity contribution in [3.8, 4) is 5.75 Å². The van der Waals surface area contributed by atoms with Gasteiger partial charge in [-0.15, -0.1) is 0 Å². The van der Waals surface area contributed by atoms with Gasteiger partial charge in [0, 0.05) is 0 Å². The highest BCUT2D eigenvalue weighted by atomic mass is 16.5. The van der Waals surface area contributed by atoms with E-state index in [1.54, 1.807) is 7.11 Å². The maximum absolute atomic E-state index is 12.3. The molecule has 1 unspecified atom stereocenters. The molecular weight excluding hydrogens is 226 g/mol. The van der Waals surface area contributed by atoms with Crippen molar-refractivity contribution in [2.45, 2.75) is 40.2 Å². The molecule has 0 aliphatic carbocycles. The number of nitrogens with two attached hydrogens (primary N) is 1. The number of carbonyl (C=O) groups excluding carboxylic acids is 1. The normalized spacial score (nSPS) is 12.6. The molecule has 0 aromatic heterocycles. The monoisotopic (exact) mass is 249 g/mol. The molecule has 0 spiro atoms. The number of carbonyl (C=O) groups is 1. The molecule has 1 aromatic carbocycles. The van der Waals surface area contributed by atoms with Crippen molar-refractivity contribution >= 4 is 5.78 Å². The van der Waals surface area contributed by atoms with Gasteiger partial charge in [0.2, 0.25) is 0 Å². The van der Waals surface area contributed by atoms with Crippen LogP contribution in [0.25, 0.3) is 0 Å². The maximum atomic E-state index is 12.3. The Kier molecular flexibility index (Phi) is 4.91. The second-order valence-corrected chi connectivity index (χ2v) is 5.19. The van der Waals surface area contributed by atoms with Crippen LogP contribution in [0.1, 0.15) is 41.8 Å². The Balaban J connectivity index is 3.10. The summed E-state index contributed by atoms with van der Waals surface area (Å²) < 4.78 is 5.36. The Morgan fingerprint density at radius 3 is 2.44 bits per heavy atom. The third kappa shape index (κ3) is 3.10. The Morgan fingerprint density at radius 1 is 1.33 bits per heavy atom. The Labute approximate surface area is 109 Å². The molecule has 0 saturated heterocycles. The van der Waals surface area contributed by atoms with Gasteiger partial charge in [-0.05, 0) is 43.4 Å². The van der Waals surface area contributed by atoms with E-state index in [4.69, 9.17) is 10.5 Å². The van der Waals surface area contributed by atoms with Crippen LogP contribution in [0.4, 0.5) is 0 Å². The zero-order chi connectivity index (χ0) is 13.9. The molecule has 0 amide bonds. The summed E-state index contributed by atoms with van der Waals surface area (Å²) in [6, 6.07) is 3.29. The lowest BCUT2D eigenvalue weighted by molar-refractivity contribution is 0.0948. The minimum Gasteiger partial charge on any atom is -0.496 e. The fourth-order valence-corrected chi connectivity index (χ4v) is 2.06. The molecule has 3 heteroatoms. The van der Waals surface area contributed by atoms with Gasteiger partial charge in [0.05, 0.1) is 18.7 Å². The number of hydrogen-bond acceptors (Lipinski definition) is 3. The first kappa shape index (κ1) is 14.7. The molecule has 0 saturated carbocycles. The molecule has 0 aliphatic heterocycles. The van der Waals surface area contributed by atoms with Gasteiger partial charge in [-0.2, -0.15) is 0 Å². The summed E-state index contributed by atoms with van der Waals surface area (Å²) in [6.07, 6.45) is 0.689. The molecule has 0 aliphatic rings. The van der Waals surface area contributed by atoms with Crippen LogP contribution in [0.15, 0.2) is 12.1 Å². The fourth-order valence-electron chi connectivity index (χ4n) is 2.06. The first-order chi connectivity index (χ1) is 8.38. The zero-order valence-corrected chi connectivity index (χ0v) is 11.9. The van der Waals surface area contributed by atoms with Crippen molar-refractivity contribution in [1.29, 1.82) is 0 Å². The number of aryl methyl sites for hydroxylation is 1. The average molecular weight is 249 g/mol. The molecule has 0 radical (unpaired) electrons. The number of benzene rings is 1. The van der Waals surface area contributed by atoms with Crippen LogP contribution < -0.4 is 10.5 Å². The minimum atomic E-state index is -0.457. The Bertz CT molecular complexity index is 438. The maximum Gasteiger partial charge on any atom is 0.183 e. The molecule has 0 bridgehead atoms. The quantitative estimate of drug-likeness (QED) is 0.816. The predicted molar refractivity (Wildman–Crippen MR) is 74.2 cm³/mol. The van der Waals surface area contributed by atoms with Crippen LogP contribution in [0, 0.1) is 19.8 Å². The van der Waals surface area contributed by atoms with Gasteiger partial charge in [0.15, 0.2) is 5.78 Å². The van der Waals surface area contributed by atoms with Crippen molar-refractivity contribution < 1.29 is 9.53 Å². The lowest BCUT2D eigenvalue weighted by Gasteiger charge is -2.17. The summed E-state index contributed by atoms with van der Waals surface area (Å²) in [5, 5.41) is 0. The molecule has 3 nitrogen and oxygen atoms in total. The van der Waals surface area contributed by atoms with Gasteiger partial charge in [-0.3, -0.25) is 4.79 Å². The zero-order valence-electron chi connectivity index (χ0n) is 11.9. The van der Waals surface area contributed by atoms with Gasteiger partial charge in [-0.1, -0.05) is 19.9 Å². The van der Waals surface area contributed by atoms with E-state index < -0.39 is 6.04 Å². The van der Waals surface area contributed by atoms with Gasteiger partial charge in [-0.25, -0.2) is 0 Å². The first-order valence-electron chi connectivity index (χ1n) is 6.32. The van der Waals surface area contributed by atoms with E-state index in [0.717, 1.165) is 11.1 Å². The highest BCUT2D eigenvalue weighted by molar-refractivity contribution is 6.02. The summed E-state index contributed by atoms with van der Waals surface area (Å²) in [7, 11) is 1.59. The molecule has 1 atom stereocenters. The van der Waals surface area contributed by atoms with E-state index in [2.05, 4.69) is 13.8 Å². The first-order valence-corrected chi connectivity index (χ1v) is 6.32. The van der Waals surface area contributed by atoms with Crippen LogP contribution in [-0.4, -0.2) is 18.9 Å².